The zero-order valence-corrected chi connectivity index (χ0v) is 26.5. The van der Waals surface area contributed by atoms with Crippen LogP contribution in [0.2, 0.25) is 0 Å². The summed E-state index contributed by atoms with van der Waals surface area (Å²) in [6.07, 6.45) is 1.95. The summed E-state index contributed by atoms with van der Waals surface area (Å²) in [5.74, 6) is -8.03. The molecule has 8 aliphatic carbocycles. The fourth-order valence-corrected chi connectivity index (χ4v) is 9.90. The minimum Gasteiger partial charge on any atom is -0.456 e. The van der Waals surface area contributed by atoms with E-state index in [9.17, 15) is 51.1 Å². The molecule has 8 saturated carbocycles. The summed E-state index contributed by atoms with van der Waals surface area (Å²) in [4.78, 5) is 74.9. The molecule has 8 bridgehead atoms. The minimum atomic E-state index is -6.36. The quantitative estimate of drug-likeness (QED) is 0.165. The van der Waals surface area contributed by atoms with Gasteiger partial charge in [0.05, 0.1) is 12.0 Å². The number of carbonyl (C=O) groups excluding carboxylic acids is 6. The smallest absolute Gasteiger partial charge is 0.456 e. The molecule has 0 aliphatic heterocycles. The van der Waals surface area contributed by atoms with Gasteiger partial charge in [0.15, 0.2) is 13.2 Å². The molecular weight excluding hydrogens is 670 g/mol. The Balaban J connectivity index is 1.04. The number of aliphatic hydroxyl groups is 1. The maximum absolute atomic E-state index is 13.9. The van der Waals surface area contributed by atoms with Crippen molar-refractivity contribution in [2.75, 3.05) is 13.2 Å². The van der Waals surface area contributed by atoms with Gasteiger partial charge in [-0.15, -0.1) is 0 Å². The number of carbonyl (C=O) groups is 6. The first-order chi connectivity index (χ1) is 22.3. The number of alkyl halides is 2. The molecule has 5 atom stereocenters. The summed E-state index contributed by atoms with van der Waals surface area (Å²) in [5.41, 5.74) is -2.83. The number of ketones is 1. The summed E-state index contributed by atoms with van der Waals surface area (Å²) in [5, 5.41) is 5.29. The Morgan fingerprint density at radius 1 is 0.792 bits per heavy atom. The molecule has 0 aromatic heterocycles. The van der Waals surface area contributed by atoms with Gasteiger partial charge in [-0.1, -0.05) is 0 Å². The molecular formula is C30H36F2O15S. The van der Waals surface area contributed by atoms with Crippen LogP contribution in [-0.2, 0) is 62.6 Å². The zero-order chi connectivity index (χ0) is 34.9. The highest BCUT2D eigenvalue weighted by molar-refractivity contribution is 7.87. The van der Waals surface area contributed by atoms with E-state index in [4.69, 9.17) is 23.5 Å². The van der Waals surface area contributed by atoms with Gasteiger partial charge in [0.25, 0.3) is 0 Å². The predicted octanol–water partition coefficient (Wildman–Crippen LogP) is 1.17. The summed E-state index contributed by atoms with van der Waals surface area (Å²) in [7, 11) is -6.36. The Morgan fingerprint density at radius 2 is 1.33 bits per heavy atom. The third-order valence-corrected chi connectivity index (χ3v) is 11.5. The SMILES string of the molecule is O=C(CC(OC(=O)C(F)(F)S(=O)(=O)O)C(=O)OCC(=O)OC12CC3CC(C1)C(=O)C(C3)C2)OCC(=O)OC12CC3CC(CC(O)(C3)C1)C2. The first-order valence-electron chi connectivity index (χ1n) is 15.9. The van der Waals surface area contributed by atoms with E-state index in [1.165, 1.54) is 0 Å². The molecule has 0 heterocycles. The molecule has 48 heavy (non-hydrogen) atoms. The van der Waals surface area contributed by atoms with Crippen LogP contribution in [0.15, 0.2) is 0 Å². The standard InChI is InChI=1S/C30H36F2O15S/c31-30(32,48(40,41)42)26(38)45-20(25(37)44-13-23(35)46-28-7-15-2-18(10-28)24(36)19(3-15)11-28)4-21(33)43-12-22(34)47-29-8-16-1-17(9-29)6-27(39,5-16)14-29/h15-20,39H,1-14H2,(H,40,41,42). The Labute approximate surface area is 273 Å². The number of hydrogen-bond donors (Lipinski definition) is 2. The van der Waals surface area contributed by atoms with Crippen molar-refractivity contribution >= 4 is 45.7 Å². The van der Waals surface area contributed by atoms with Gasteiger partial charge >= 0.3 is 45.2 Å². The Bertz CT molecular complexity index is 1490. The van der Waals surface area contributed by atoms with E-state index in [0.717, 1.165) is 6.42 Å². The van der Waals surface area contributed by atoms with Crippen molar-refractivity contribution in [3.63, 3.8) is 0 Å². The lowest BCUT2D eigenvalue weighted by Gasteiger charge is -2.59. The lowest BCUT2D eigenvalue weighted by molar-refractivity contribution is -0.222. The lowest BCUT2D eigenvalue weighted by Crippen LogP contribution is -2.60. The number of ether oxygens (including phenoxy) is 5. The van der Waals surface area contributed by atoms with Crippen molar-refractivity contribution in [1.82, 2.24) is 0 Å². The second-order valence-corrected chi connectivity index (χ2v) is 16.1. The fourth-order valence-electron chi connectivity index (χ4n) is 9.64. The van der Waals surface area contributed by atoms with Crippen LogP contribution in [0.4, 0.5) is 8.78 Å². The number of Topliss-reactive ketones (excluding diaryl/α,β-unsaturated/α-hetero) is 1. The predicted molar refractivity (Wildman–Crippen MR) is 149 cm³/mol. The minimum absolute atomic E-state index is 0.127. The molecule has 0 aromatic carbocycles. The van der Waals surface area contributed by atoms with Gasteiger partial charge in [0.1, 0.15) is 17.0 Å². The molecule has 0 spiro atoms. The summed E-state index contributed by atoms with van der Waals surface area (Å²) >= 11 is 0. The van der Waals surface area contributed by atoms with Crippen LogP contribution >= 0.6 is 0 Å². The Kier molecular flexibility index (Phi) is 8.63. The number of rotatable bonds is 12. The lowest BCUT2D eigenvalue weighted by atomic mass is 9.52. The molecule has 0 radical (unpaired) electrons. The molecule has 0 aromatic rings. The summed E-state index contributed by atoms with van der Waals surface area (Å²) in [6.45, 7) is -2.11. The van der Waals surface area contributed by atoms with Crippen LogP contribution in [0, 0.1) is 29.6 Å². The largest absolute Gasteiger partial charge is 0.465 e. The van der Waals surface area contributed by atoms with Gasteiger partial charge in [-0.05, 0) is 82.0 Å². The van der Waals surface area contributed by atoms with Crippen LogP contribution in [0.5, 0.6) is 0 Å². The second-order valence-electron chi connectivity index (χ2n) is 14.6. The van der Waals surface area contributed by atoms with Crippen molar-refractivity contribution in [1.29, 1.82) is 0 Å². The van der Waals surface area contributed by atoms with E-state index >= 15 is 0 Å². The van der Waals surface area contributed by atoms with Gasteiger partial charge in [0, 0.05) is 18.3 Å². The maximum Gasteiger partial charge on any atom is 0.465 e. The van der Waals surface area contributed by atoms with Crippen molar-refractivity contribution < 1.29 is 79.3 Å². The Hall–Kier alpha value is -3.25. The van der Waals surface area contributed by atoms with Gasteiger partial charge in [0.2, 0.25) is 6.10 Å². The molecule has 8 rings (SSSR count). The molecule has 0 saturated heterocycles. The van der Waals surface area contributed by atoms with Crippen LogP contribution < -0.4 is 0 Å². The van der Waals surface area contributed by atoms with Crippen molar-refractivity contribution in [3.05, 3.63) is 0 Å². The monoisotopic (exact) mass is 706 g/mol. The highest BCUT2D eigenvalue weighted by Crippen LogP contribution is 2.59. The molecule has 2 N–H and O–H groups in total. The van der Waals surface area contributed by atoms with Crippen LogP contribution in [0.25, 0.3) is 0 Å². The van der Waals surface area contributed by atoms with Gasteiger partial charge in [-0.3, -0.25) is 14.1 Å². The first kappa shape index (κ1) is 34.6. The molecule has 5 unspecified atom stereocenters. The second kappa shape index (κ2) is 12.0. The van der Waals surface area contributed by atoms with E-state index in [-0.39, 0.29) is 41.8 Å². The van der Waals surface area contributed by atoms with Crippen molar-refractivity contribution in [3.8, 4) is 0 Å². The van der Waals surface area contributed by atoms with Crippen LogP contribution in [-0.4, -0.2) is 95.1 Å². The maximum atomic E-state index is 13.9. The third-order valence-electron chi connectivity index (χ3n) is 10.7. The van der Waals surface area contributed by atoms with Gasteiger partial charge < -0.3 is 28.8 Å². The van der Waals surface area contributed by atoms with Crippen LogP contribution in [0.3, 0.4) is 0 Å². The van der Waals surface area contributed by atoms with Crippen LogP contribution in [0.1, 0.15) is 77.0 Å². The molecule has 8 aliphatic rings. The van der Waals surface area contributed by atoms with Crippen molar-refractivity contribution in [2.45, 2.75) is 105 Å². The topological polar surface area (TPSA) is 223 Å². The highest BCUT2D eigenvalue weighted by atomic mass is 32.2. The van der Waals surface area contributed by atoms with Gasteiger partial charge in [-0.25, -0.2) is 19.2 Å². The average molecular weight is 707 g/mol. The first-order valence-corrected chi connectivity index (χ1v) is 17.3. The van der Waals surface area contributed by atoms with Crippen molar-refractivity contribution in [2.24, 2.45) is 29.6 Å². The molecule has 18 heteroatoms. The van der Waals surface area contributed by atoms with E-state index in [2.05, 4.69) is 4.74 Å². The number of hydrogen-bond acceptors (Lipinski definition) is 14. The summed E-state index contributed by atoms with van der Waals surface area (Å²) < 4.78 is 83.6. The van der Waals surface area contributed by atoms with E-state index < -0.39 is 87.8 Å². The molecule has 15 nitrogen and oxygen atoms in total. The van der Waals surface area contributed by atoms with E-state index in [1.54, 1.807) is 0 Å². The highest BCUT2D eigenvalue weighted by Gasteiger charge is 2.60. The van der Waals surface area contributed by atoms with E-state index in [0.29, 0.717) is 57.8 Å². The normalized spacial score (nSPS) is 36.7. The number of esters is 5. The molecule has 0 amide bonds. The van der Waals surface area contributed by atoms with Gasteiger partial charge in [-0.2, -0.15) is 17.2 Å². The third kappa shape index (κ3) is 6.79. The number of halogens is 2. The molecule has 8 fully saturated rings. The Morgan fingerprint density at radius 3 is 1.90 bits per heavy atom. The zero-order valence-electron chi connectivity index (χ0n) is 25.7. The average Bonchev–Trinajstić information content (AvgIpc) is 2.94. The molecule has 266 valence electrons. The summed E-state index contributed by atoms with van der Waals surface area (Å²) in [6, 6.07) is 0. The fraction of sp³-hybridized carbons (Fsp3) is 0.800. The van der Waals surface area contributed by atoms with E-state index in [1.807, 2.05) is 0 Å².